The van der Waals surface area contributed by atoms with Crippen molar-refractivity contribution in [2.24, 2.45) is 0 Å². The van der Waals surface area contributed by atoms with Gasteiger partial charge in [-0.15, -0.1) is 0 Å². The van der Waals surface area contributed by atoms with Crippen molar-refractivity contribution in [3.63, 3.8) is 0 Å². The highest BCUT2D eigenvalue weighted by atomic mass is 16.4. The Labute approximate surface area is 148 Å². The fraction of sp³-hybridized carbons (Fsp3) is 0.111. The minimum atomic E-state index is -1.18. The zero-order chi connectivity index (χ0) is 19.1. The number of hydrogen-bond donors (Lipinski definition) is 4. The van der Waals surface area contributed by atoms with Crippen LogP contribution in [0.25, 0.3) is 11.1 Å². The molecule has 2 aromatic carbocycles. The van der Waals surface area contributed by atoms with Crippen molar-refractivity contribution in [3.05, 3.63) is 59.7 Å². The van der Waals surface area contributed by atoms with E-state index in [0.29, 0.717) is 11.1 Å². The van der Waals surface area contributed by atoms with Crippen LogP contribution in [0, 0.1) is 0 Å². The molecule has 0 saturated carbocycles. The predicted molar refractivity (Wildman–Crippen MR) is 91.8 cm³/mol. The Morgan fingerprint density at radius 3 is 1.35 bits per heavy atom. The lowest BCUT2D eigenvalue weighted by Gasteiger charge is -2.13. The number of carboxylic acid groups (broad SMARTS) is 2. The molecule has 2 rings (SSSR count). The molecule has 0 atom stereocenters. The Bertz CT molecular complexity index is 791. The Morgan fingerprint density at radius 1 is 0.654 bits per heavy atom. The van der Waals surface area contributed by atoms with Gasteiger partial charge in [0.2, 0.25) is 0 Å². The number of carbonyl (C=O) groups is 4. The lowest BCUT2D eigenvalue weighted by atomic mass is 9.94. The van der Waals surface area contributed by atoms with Crippen LogP contribution in [-0.4, -0.2) is 47.1 Å². The predicted octanol–water partition coefficient (Wildman–Crippen LogP) is 0.982. The molecule has 0 aliphatic rings. The van der Waals surface area contributed by atoms with Crippen LogP contribution in [0.1, 0.15) is 20.7 Å². The van der Waals surface area contributed by atoms with E-state index < -0.39 is 36.8 Å². The number of nitrogens with one attached hydrogen (secondary N) is 2. The number of carbonyl (C=O) groups excluding carboxylic acids is 2. The third-order valence-electron chi connectivity index (χ3n) is 3.43. The van der Waals surface area contributed by atoms with E-state index in [-0.39, 0.29) is 11.1 Å². The molecule has 8 nitrogen and oxygen atoms in total. The second kappa shape index (κ2) is 8.43. The molecular weight excluding hydrogens is 340 g/mol. The molecular formula is C18H16N2O6. The van der Waals surface area contributed by atoms with E-state index in [0.717, 1.165) is 0 Å². The molecule has 0 fully saturated rings. The molecule has 0 bridgehead atoms. The standard InChI is InChI=1S/C18H16N2O6/c21-15(22)9-19-17(25)13-7-3-1-5-11(13)12-6-2-4-8-14(12)18(26)20-10-16(23)24/h1-8H,9-10H2,(H,19,25)(H,20,26)(H,21,22)(H,23,24). The van der Waals surface area contributed by atoms with Crippen molar-refractivity contribution < 1.29 is 29.4 Å². The van der Waals surface area contributed by atoms with Gasteiger partial charge in [-0.3, -0.25) is 19.2 Å². The Hall–Kier alpha value is -3.68. The Balaban J connectivity index is 2.40. The van der Waals surface area contributed by atoms with E-state index in [1.807, 2.05) is 0 Å². The zero-order valence-electron chi connectivity index (χ0n) is 13.6. The summed E-state index contributed by atoms with van der Waals surface area (Å²) in [5.74, 6) is -3.54. The molecule has 134 valence electrons. The molecule has 0 aliphatic heterocycles. The van der Waals surface area contributed by atoms with Gasteiger partial charge in [0.15, 0.2) is 0 Å². The first-order valence-corrected chi connectivity index (χ1v) is 7.58. The highest BCUT2D eigenvalue weighted by Gasteiger charge is 2.18. The minimum absolute atomic E-state index is 0.201. The average molecular weight is 356 g/mol. The molecule has 0 aromatic heterocycles. The van der Waals surface area contributed by atoms with Crippen LogP contribution in [-0.2, 0) is 9.59 Å². The molecule has 0 unspecified atom stereocenters. The summed E-state index contributed by atoms with van der Waals surface area (Å²) in [6, 6.07) is 12.9. The number of hydrogen-bond acceptors (Lipinski definition) is 4. The van der Waals surface area contributed by atoms with Crippen LogP contribution >= 0.6 is 0 Å². The van der Waals surface area contributed by atoms with Gasteiger partial charge in [-0.05, 0) is 23.3 Å². The fourth-order valence-corrected chi connectivity index (χ4v) is 2.33. The van der Waals surface area contributed by atoms with E-state index in [1.165, 1.54) is 12.1 Å². The summed E-state index contributed by atoms with van der Waals surface area (Å²) >= 11 is 0. The fourth-order valence-electron chi connectivity index (χ4n) is 2.33. The number of amides is 2. The summed E-state index contributed by atoms with van der Waals surface area (Å²) in [7, 11) is 0. The van der Waals surface area contributed by atoms with Crippen LogP contribution in [0.4, 0.5) is 0 Å². The molecule has 0 saturated heterocycles. The van der Waals surface area contributed by atoms with Crippen molar-refractivity contribution in [3.8, 4) is 11.1 Å². The normalized spacial score (nSPS) is 10.0. The van der Waals surface area contributed by atoms with E-state index in [1.54, 1.807) is 36.4 Å². The molecule has 0 aliphatic carbocycles. The summed E-state index contributed by atoms with van der Waals surface area (Å²) in [4.78, 5) is 45.9. The second-order valence-electron chi connectivity index (χ2n) is 5.24. The number of aliphatic carboxylic acids is 2. The number of benzene rings is 2. The lowest BCUT2D eigenvalue weighted by Crippen LogP contribution is -2.30. The second-order valence-corrected chi connectivity index (χ2v) is 5.24. The maximum absolute atomic E-state index is 12.3. The summed E-state index contributed by atoms with van der Waals surface area (Å²) in [6.45, 7) is -1.07. The monoisotopic (exact) mass is 356 g/mol. The molecule has 8 heteroatoms. The summed E-state index contributed by atoms with van der Waals surface area (Å²) in [5.41, 5.74) is 1.26. The smallest absolute Gasteiger partial charge is 0.322 e. The van der Waals surface area contributed by atoms with E-state index in [2.05, 4.69) is 10.6 Å². The molecule has 0 heterocycles. The first-order chi connectivity index (χ1) is 12.4. The van der Waals surface area contributed by atoms with Gasteiger partial charge in [0.1, 0.15) is 13.1 Å². The zero-order valence-corrected chi connectivity index (χ0v) is 13.6. The molecule has 2 amide bonds. The van der Waals surface area contributed by atoms with Crippen LogP contribution in [0.5, 0.6) is 0 Å². The van der Waals surface area contributed by atoms with Gasteiger partial charge in [-0.25, -0.2) is 0 Å². The van der Waals surface area contributed by atoms with Crippen LogP contribution < -0.4 is 10.6 Å². The molecule has 0 spiro atoms. The van der Waals surface area contributed by atoms with E-state index in [4.69, 9.17) is 10.2 Å². The average Bonchev–Trinajstić information content (AvgIpc) is 2.64. The molecule has 2 aromatic rings. The third-order valence-corrected chi connectivity index (χ3v) is 3.43. The van der Waals surface area contributed by atoms with Gasteiger partial charge in [-0.1, -0.05) is 36.4 Å². The van der Waals surface area contributed by atoms with Crippen LogP contribution in [0.3, 0.4) is 0 Å². The summed E-state index contributed by atoms with van der Waals surface area (Å²) < 4.78 is 0. The van der Waals surface area contributed by atoms with E-state index in [9.17, 15) is 19.2 Å². The maximum Gasteiger partial charge on any atom is 0.322 e. The van der Waals surface area contributed by atoms with Gasteiger partial charge in [0.25, 0.3) is 11.8 Å². The highest BCUT2D eigenvalue weighted by Crippen LogP contribution is 2.27. The van der Waals surface area contributed by atoms with Gasteiger partial charge >= 0.3 is 11.9 Å². The molecule has 0 radical (unpaired) electrons. The van der Waals surface area contributed by atoms with Crippen molar-refractivity contribution in [1.29, 1.82) is 0 Å². The van der Waals surface area contributed by atoms with Gasteiger partial charge in [0, 0.05) is 11.1 Å². The topological polar surface area (TPSA) is 133 Å². The van der Waals surface area contributed by atoms with Gasteiger partial charge < -0.3 is 20.8 Å². The van der Waals surface area contributed by atoms with E-state index >= 15 is 0 Å². The Kier molecular flexibility index (Phi) is 6.05. The minimum Gasteiger partial charge on any atom is -0.480 e. The Morgan fingerprint density at radius 2 is 1.00 bits per heavy atom. The number of carboxylic acids is 2. The number of rotatable bonds is 7. The van der Waals surface area contributed by atoms with Gasteiger partial charge in [0.05, 0.1) is 0 Å². The maximum atomic E-state index is 12.3. The van der Waals surface area contributed by atoms with Crippen LogP contribution in [0.2, 0.25) is 0 Å². The van der Waals surface area contributed by atoms with Crippen molar-refractivity contribution in [2.45, 2.75) is 0 Å². The first-order valence-electron chi connectivity index (χ1n) is 7.58. The van der Waals surface area contributed by atoms with Crippen molar-refractivity contribution >= 4 is 23.8 Å². The third kappa shape index (κ3) is 4.67. The summed E-state index contributed by atoms with van der Waals surface area (Å²) in [5, 5.41) is 22.0. The summed E-state index contributed by atoms with van der Waals surface area (Å²) in [6.07, 6.45) is 0. The quantitative estimate of drug-likeness (QED) is 0.584. The molecule has 26 heavy (non-hydrogen) atoms. The highest BCUT2D eigenvalue weighted by molar-refractivity contribution is 6.07. The van der Waals surface area contributed by atoms with Gasteiger partial charge in [-0.2, -0.15) is 0 Å². The van der Waals surface area contributed by atoms with Crippen LogP contribution in [0.15, 0.2) is 48.5 Å². The van der Waals surface area contributed by atoms with Crippen molar-refractivity contribution in [1.82, 2.24) is 10.6 Å². The van der Waals surface area contributed by atoms with Crippen molar-refractivity contribution in [2.75, 3.05) is 13.1 Å². The lowest BCUT2D eigenvalue weighted by molar-refractivity contribution is -0.136. The molecule has 4 N–H and O–H groups in total. The SMILES string of the molecule is O=C(O)CNC(=O)c1ccccc1-c1ccccc1C(=O)NCC(=O)O. The first kappa shape index (κ1) is 18.7. The largest absolute Gasteiger partial charge is 0.480 e.